The zero-order valence-corrected chi connectivity index (χ0v) is 11.8. The third-order valence-electron chi connectivity index (χ3n) is 2.64. The molecule has 112 valence electrons. The normalized spacial score (nSPS) is 14.7. The zero-order chi connectivity index (χ0) is 15.3. The van der Waals surface area contributed by atoms with Crippen molar-refractivity contribution in [3.05, 3.63) is 35.4 Å². The van der Waals surface area contributed by atoms with Gasteiger partial charge in [-0.15, -0.1) is 11.8 Å². The maximum atomic E-state index is 12.4. The Hall–Kier alpha value is -1.21. The van der Waals surface area contributed by atoms with E-state index in [9.17, 15) is 23.1 Å². The van der Waals surface area contributed by atoms with Crippen molar-refractivity contribution in [1.29, 1.82) is 0 Å². The summed E-state index contributed by atoms with van der Waals surface area (Å²) in [4.78, 5) is 11.6. The first-order chi connectivity index (χ1) is 9.31. The summed E-state index contributed by atoms with van der Waals surface area (Å²) in [6, 6.07) is 4.08. The molecule has 0 radical (unpaired) electrons. The fourth-order valence-electron chi connectivity index (χ4n) is 1.62. The molecule has 20 heavy (non-hydrogen) atoms. The highest BCUT2D eigenvalue weighted by Crippen LogP contribution is 2.32. The molecule has 0 spiro atoms. The van der Waals surface area contributed by atoms with Gasteiger partial charge in [-0.1, -0.05) is 12.1 Å². The molecule has 0 aromatic heterocycles. The molecule has 2 atom stereocenters. The van der Waals surface area contributed by atoms with Gasteiger partial charge in [-0.25, -0.2) is 0 Å². The van der Waals surface area contributed by atoms with Gasteiger partial charge in [0.05, 0.1) is 12.2 Å². The Morgan fingerprint density at radius 3 is 2.30 bits per heavy atom. The second-order valence-corrected chi connectivity index (χ2v) is 4.95. The molecule has 3 nitrogen and oxygen atoms in total. The third-order valence-corrected chi connectivity index (χ3v) is 3.60. The molecule has 0 saturated carbocycles. The number of hydrogen-bond donors (Lipinski definition) is 1. The number of carbonyl (C=O) groups excluding carboxylic acids is 1. The van der Waals surface area contributed by atoms with Crippen LogP contribution in [0.3, 0.4) is 0 Å². The lowest BCUT2D eigenvalue weighted by atomic mass is 10.0. The summed E-state index contributed by atoms with van der Waals surface area (Å²) in [5.41, 5.74) is -0.560. The van der Waals surface area contributed by atoms with E-state index < -0.39 is 29.1 Å². The lowest BCUT2D eigenvalue weighted by molar-refractivity contribution is -0.144. The van der Waals surface area contributed by atoms with Gasteiger partial charge in [0.25, 0.3) is 0 Å². The molecule has 0 amide bonds. The summed E-state index contributed by atoms with van der Waals surface area (Å²) >= 11 is 1.08. The van der Waals surface area contributed by atoms with Crippen molar-refractivity contribution in [2.75, 3.05) is 12.9 Å². The summed E-state index contributed by atoms with van der Waals surface area (Å²) in [7, 11) is 0. The van der Waals surface area contributed by atoms with Crippen LogP contribution in [0, 0.1) is 0 Å². The smallest absolute Gasteiger partial charge is 0.416 e. The number of benzene rings is 1. The Morgan fingerprint density at radius 2 is 1.90 bits per heavy atom. The highest BCUT2D eigenvalue weighted by Gasteiger charge is 2.32. The molecule has 1 N–H and O–H groups in total. The maximum Gasteiger partial charge on any atom is 0.416 e. The van der Waals surface area contributed by atoms with E-state index in [0.717, 1.165) is 36.0 Å². The molecule has 1 aromatic rings. The Bertz CT molecular complexity index is 445. The van der Waals surface area contributed by atoms with E-state index in [1.54, 1.807) is 13.2 Å². The van der Waals surface area contributed by atoms with Gasteiger partial charge in [-0.2, -0.15) is 13.2 Å². The van der Waals surface area contributed by atoms with Crippen molar-refractivity contribution >= 4 is 17.7 Å². The van der Waals surface area contributed by atoms with Gasteiger partial charge in [0.15, 0.2) is 0 Å². The minimum atomic E-state index is -4.43. The van der Waals surface area contributed by atoms with Crippen LogP contribution in [-0.2, 0) is 15.7 Å². The van der Waals surface area contributed by atoms with Crippen molar-refractivity contribution in [3.63, 3.8) is 0 Å². The largest absolute Gasteiger partial charge is 0.465 e. The molecule has 0 unspecified atom stereocenters. The van der Waals surface area contributed by atoms with E-state index in [0.29, 0.717) is 0 Å². The van der Waals surface area contributed by atoms with Crippen molar-refractivity contribution in [2.24, 2.45) is 0 Å². The van der Waals surface area contributed by atoms with E-state index in [-0.39, 0.29) is 12.2 Å². The molecule has 0 bridgehead atoms. The first-order valence-electron chi connectivity index (χ1n) is 5.86. The van der Waals surface area contributed by atoms with E-state index in [4.69, 9.17) is 4.74 Å². The van der Waals surface area contributed by atoms with Crippen LogP contribution in [0.2, 0.25) is 0 Å². The number of hydrogen-bond acceptors (Lipinski definition) is 4. The van der Waals surface area contributed by atoms with Crippen molar-refractivity contribution < 1.29 is 27.8 Å². The van der Waals surface area contributed by atoms with Gasteiger partial charge in [0.2, 0.25) is 0 Å². The van der Waals surface area contributed by atoms with Crippen LogP contribution >= 0.6 is 11.8 Å². The van der Waals surface area contributed by atoms with E-state index in [1.165, 1.54) is 0 Å². The second kappa shape index (κ2) is 6.99. The number of carbonyl (C=O) groups is 1. The van der Waals surface area contributed by atoms with Crippen LogP contribution < -0.4 is 0 Å². The minimum Gasteiger partial charge on any atom is -0.465 e. The quantitative estimate of drug-likeness (QED) is 0.849. The predicted molar refractivity (Wildman–Crippen MR) is 70.3 cm³/mol. The Morgan fingerprint density at radius 1 is 1.35 bits per heavy atom. The van der Waals surface area contributed by atoms with Crippen molar-refractivity contribution in [1.82, 2.24) is 0 Å². The van der Waals surface area contributed by atoms with Crippen LogP contribution in [-0.4, -0.2) is 29.2 Å². The number of aliphatic hydroxyl groups is 1. The summed E-state index contributed by atoms with van der Waals surface area (Å²) in [6.45, 7) is 1.81. The highest BCUT2D eigenvalue weighted by atomic mass is 32.2. The molecule has 0 fully saturated rings. The maximum absolute atomic E-state index is 12.4. The molecule has 0 aliphatic heterocycles. The van der Waals surface area contributed by atoms with Crippen LogP contribution in [0.1, 0.15) is 24.2 Å². The van der Waals surface area contributed by atoms with Gasteiger partial charge >= 0.3 is 12.1 Å². The highest BCUT2D eigenvalue weighted by molar-refractivity contribution is 7.99. The standard InChI is InChI=1S/C13H15F3O3S/c1-3-19-12(18)11(20-2)10(17)8-4-6-9(7-5-8)13(14,15)16/h4-7,10-11,17H,3H2,1-2H3/t10-,11+/m1/s1. The Kier molecular flexibility index (Phi) is 5.88. The second-order valence-electron chi connectivity index (χ2n) is 3.97. The molecular formula is C13H15F3O3S. The van der Waals surface area contributed by atoms with Crippen LogP contribution in [0.4, 0.5) is 13.2 Å². The van der Waals surface area contributed by atoms with Gasteiger partial charge in [-0.05, 0) is 30.9 Å². The zero-order valence-electron chi connectivity index (χ0n) is 11.0. The van der Waals surface area contributed by atoms with Crippen LogP contribution in [0.15, 0.2) is 24.3 Å². The van der Waals surface area contributed by atoms with Crippen molar-refractivity contribution in [3.8, 4) is 0 Å². The number of rotatable bonds is 5. The lowest BCUT2D eigenvalue weighted by Gasteiger charge is -2.20. The van der Waals surface area contributed by atoms with Crippen molar-refractivity contribution in [2.45, 2.75) is 24.5 Å². The molecule has 7 heteroatoms. The predicted octanol–water partition coefficient (Wildman–Crippen LogP) is 3.03. The first-order valence-corrected chi connectivity index (χ1v) is 7.14. The van der Waals surface area contributed by atoms with Gasteiger partial charge in [0, 0.05) is 0 Å². The molecule has 0 aliphatic carbocycles. The lowest BCUT2D eigenvalue weighted by Crippen LogP contribution is -2.27. The topological polar surface area (TPSA) is 46.5 Å². The SMILES string of the molecule is CCOC(=O)[C@@H](SC)[C@H](O)c1ccc(C(F)(F)F)cc1. The van der Waals surface area contributed by atoms with Crippen LogP contribution in [0.5, 0.6) is 0 Å². The average molecular weight is 308 g/mol. The molecular weight excluding hydrogens is 293 g/mol. The monoisotopic (exact) mass is 308 g/mol. The summed E-state index contributed by atoms with van der Waals surface area (Å²) < 4.78 is 42.1. The first kappa shape index (κ1) is 16.8. The summed E-state index contributed by atoms with van der Waals surface area (Å²) in [5, 5.41) is 9.20. The molecule has 0 saturated heterocycles. The van der Waals surface area contributed by atoms with Gasteiger partial charge in [-0.3, -0.25) is 4.79 Å². The van der Waals surface area contributed by atoms with E-state index in [2.05, 4.69) is 0 Å². The molecule has 0 heterocycles. The summed E-state index contributed by atoms with van der Waals surface area (Å²) in [5.74, 6) is -0.590. The molecule has 1 rings (SSSR count). The number of aliphatic hydroxyl groups excluding tert-OH is 1. The van der Waals surface area contributed by atoms with E-state index in [1.807, 2.05) is 0 Å². The number of esters is 1. The van der Waals surface area contributed by atoms with Gasteiger partial charge < -0.3 is 9.84 Å². The number of alkyl halides is 3. The third kappa shape index (κ3) is 4.14. The fourth-order valence-corrected chi connectivity index (χ4v) is 2.30. The number of thioether (sulfide) groups is 1. The fraction of sp³-hybridized carbons (Fsp3) is 0.462. The average Bonchev–Trinajstić information content (AvgIpc) is 2.39. The Labute approximate surface area is 119 Å². The van der Waals surface area contributed by atoms with Gasteiger partial charge in [0.1, 0.15) is 11.4 Å². The summed E-state index contributed by atoms with van der Waals surface area (Å²) in [6.07, 6.45) is -4.02. The minimum absolute atomic E-state index is 0.176. The molecule has 0 aliphatic rings. The Balaban J connectivity index is 2.90. The van der Waals surface area contributed by atoms with Crippen LogP contribution in [0.25, 0.3) is 0 Å². The number of ether oxygens (including phenoxy) is 1. The number of halogens is 3. The van der Waals surface area contributed by atoms with E-state index >= 15 is 0 Å². The molecule has 1 aromatic carbocycles.